The fourth-order valence-electron chi connectivity index (χ4n) is 3.85. The molecular formula is C17H23NO3. The van der Waals surface area contributed by atoms with Crippen LogP contribution in [0.5, 0.6) is 0 Å². The van der Waals surface area contributed by atoms with Gasteiger partial charge in [-0.15, -0.1) is 0 Å². The van der Waals surface area contributed by atoms with Crippen molar-refractivity contribution in [3.63, 3.8) is 0 Å². The number of piperidine rings is 1. The number of nitrogens with zero attached hydrogens (tertiary/aromatic N) is 1. The zero-order valence-electron chi connectivity index (χ0n) is 12.4. The normalized spacial score (nSPS) is 35.3. The lowest BCUT2D eigenvalue weighted by atomic mass is 9.85. The van der Waals surface area contributed by atoms with Gasteiger partial charge in [-0.3, -0.25) is 9.69 Å². The molecule has 2 saturated heterocycles. The Hall–Kier alpha value is -1.23. The van der Waals surface area contributed by atoms with E-state index < -0.39 is 5.72 Å². The Kier molecular flexibility index (Phi) is 3.86. The quantitative estimate of drug-likeness (QED) is 0.619. The number of benzene rings is 1. The zero-order valence-corrected chi connectivity index (χ0v) is 12.4. The second-order valence-corrected chi connectivity index (χ2v) is 6.45. The SMILES string of the molecule is C[C@H](c1ccc(C=O)cc1)[C@@H]1C[C@@H](CCCO)[C@]2(O)CN12. The van der Waals surface area contributed by atoms with Gasteiger partial charge in [0.15, 0.2) is 0 Å². The standard InChI is InChI=1S/C17H23NO3/c1-12(14-6-4-13(10-20)5-7-14)16-9-15(3-2-8-19)17(21)11-18(16)17/h4-7,10,12,15-16,19,21H,2-3,8-9,11H2,1H3/t12-,15-,16+,17-,18?/m1/s1. The minimum absolute atomic E-state index is 0.194. The number of carbonyl (C=O) groups excluding carboxylic acids is 1. The van der Waals surface area contributed by atoms with Crippen LogP contribution in [0.4, 0.5) is 0 Å². The van der Waals surface area contributed by atoms with Gasteiger partial charge in [-0.25, -0.2) is 0 Å². The molecule has 1 aromatic carbocycles. The van der Waals surface area contributed by atoms with Crippen LogP contribution in [-0.2, 0) is 0 Å². The van der Waals surface area contributed by atoms with Gasteiger partial charge in [0.1, 0.15) is 12.0 Å². The van der Waals surface area contributed by atoms with Crippen LogP contribution < -0.4 is 0 Å². The summed E-state index contributed by atoms with van der Waals surface area (Å²) in [6.45, 7) is 3.14. The lowest BCUT2D eigenvalue weighted by Crippen LogP contribution is -2.23. The molecule has 114 valence electrons. The highest BCUT2D eigenvalue weighted by Crippen LogP contribution is 2.53. The van der Waals surface area contributed by atoms with Crippen molar-refractivity contribution in [1.29, 1.82) is 0 Å². The minimum Gasteiger partial charge on any atom is -0.396 e. The van der Waals surface area contributed by atoms with Crippen molar-refractivity contribution in [3.05, 3.63) is 35.4 Å². The smallest absolute Gasteiger partial charge is 0.150 e. The van der Waals surface area contributed by atoms with E-state index in [1.54, 1.807) is 0 Å². The molecule has 0 spiro atoms. The second-order valence-electron chi connectivity index (χ2n) is 6.45. The predicted molar refractivity (Wildman–Crippen MR) is 80.1 cm³/mol. The Morgan fingerprint density at radius 3 is 2.76 bits per heavy atom. The van der Waals surface area contributed by atoms with E-state index >= 15 is 0 Å². The third kappa shape index (κ3) is 2.52. The van der Waals surface area contributed by atoms with E-state index in [-0.39, 0.29) is 12.5 Å². The highest BCUT2D eigenvalue weighted by molar-refractivity contribution is 5.74. The molecule has 0 amide bonds. The number of aldehydes is 1. The molecule has 5 atom stereocenters. The molecule has 2 aliphatic heterocycles. The molecule has 0 radical (unpaired) electrons. The lowest BCUT2D eigenvalue weighted by Gasteiger charge is -2.23. The third-order valence-corrected chi connectivity index (χ3v) is 5.26. The molecule has 2 aliphatic rings. The van der Waals surface area contributed by atoms with Crippen molar-refractivity contribution in [1.82, 2.24) is 4.90 Å². The van der Waals surface area contributed by atoms with E-state index in [0.717, 1.165) is 32.1 Å². The van der Waals surface area contributed by atoms with Gasteiger partial charge in [0, 0.05) is 30.7 Å². The van der Waals surface area contributed by atoms with Crippen LogP contribution in [0.15, 0.2) is 24.3 Å². The number of hydrogen-bond acceptors (Lipinski definition) is 4. The molecule has 21 heavy (non-hydrogen) atoms. The molecule has 3 rings (SSSR count). The summed E-state index contributed by atoms with van der Waals surface area (Å²) in [6.07, 6.45) is 3.48. The van der Waals surface area contributed by atoms with E-state index in [0.29, 0.717) is 17.5 Å². The van der Waals surface area contributed by atoms with Crippen molar-refractivity contribution < 1.29 is 15.0 Å². The fraction of sp³-hybridized carbons (Fsp3) is 0.588. The number of aliphatic hydroxyl groups excluding tert-OH is 1. The minimum atomic E-state index is -0.628. The molecule has 0 aromatic heterocycles. The van der Waals surface area contributed by atoms with E-state index in [1.807, 2.05) is 24.3 Å². The highest BCUT2D eigenvalue weighted by Gasteiger charge is 2.64. The summed E-state index contributed by atoms with van der Waals surface area (Å²) in [6, 6.07) is 8.08. The second kappa shape index (κ2) is 5.52. The van der Waals surface area contributed by atoms with Crippen molar-refractivity contribution in [2.45, 2.75) is 43.9 Å². The topological polar surface area (TPSA) is 60.5 Å². The van der Waals surface area contributed by atoms with Gasteiger partial charge in [0.25, 0.3) is 0 Å². The van der Waals surface area contributed by atoms with E-state index in [1.165, 1.54) is 5.56 Å². The van der Waals surface area contributed by atoms with Crippen LogP contribution >= 0.6 is 0 Å². The highest BCUT2D eigenvalue weighted by atomic mass is 16.3. The van der Waals surface area contributed by atoms with E-state index in [2.05, 4.69) is 11.8 Å². The first-order valence-corrected chi connectivity index (χ1v) is 7.75. The molecule has 4 nitrogen and oxygen atoms in total. The summed E-state index contributed by atoms with van der Waals surface area (Å²) in [7, 11) is 0. The first kappa shape index (κ1) is 14.7. The van der Waals surface area contributed by atoms with Gasteiger partial charge in [-0.1, -0.05) is 31.2 Å². The molecule has 1 unspecified atom stereocenters. The maximum Gasteiger partial charge on any atom is 0.150 e. The first-order chi connectivity index (χ1) is 10.1. The van der Waals surface area contributed by atoms with Crippen molar-refractivity contribution in [3.8, 4) is 0 Å². The third-order valence-electron chi connectivity index (χ3n) is 5.26. The van der Waals surface area contributed by atoms with Gasteiger partial charge in [-0.05, 0) is 30.7 Å². The molecule has 1 aromatic rings. The Morgan fingerprint density at radius 1 is 1.43 bits per heavy atom. The van der Waals surface area contributed by atoms with Gasteiger partial charge in [0.2, 0.25) is 0 Å². The Morgan fingerprint density at radius 2 is 2.14 bits per heavy atom. The predicted octanol–water partition coefficient (Wildman–Crippen LogP) is 1.77. The van der Waals surface area contributed by atoms with Crippen molar-refractivity contribution in [2.24, 2.45) is 5.92 Å². The van der Waals surface area contributed by atoms with Gasteiger partial charge in [-0.2, -0.15) is 0 Å². The zero-order chi connectivity index (χ0) is 15.0. The van der Waals surface area contributed by atoms with Crippen LogP contribution in [0.25, 0.3) is 0 Å². The Bertz CT molecular complexity index is 515. The average molecular weight is 289 g/mol. The number of rotatable bonds is 6. The summed E-state index contributed by atoms with van der Waals surface area (Å²) in [5.74, 6) is 0.602. The Balaban J connectivity index is 1.71. The number of carbonyl (C=O) groups is 1. The van der Waals surface area contributed by atoms with Crippen LogP contribution in [0.3, 0.4) is 0 Å². The lowest BCUT2D eigenvalue weighted by molar-refractivity contribution is 0.0556. The summed E-state index contributed by atoms with van der Waals surface area (Å²) in [5.41, 5.74) is 1.28. The first-order valence-electron chi connectivity index (χ1n) is 7.75. The van der Waals surface area contributed by atoms with E-state index in [9.17, 15) is 9.90 Å². The van der Waals surface area contributed by atoms with Crippen LogP contribution in [-0.4, -0.2) is 46.3 Å². The average Bonchev–Trinajstić information content (AvgIpc) is 3.12. The van der Waals surface area contributed by atoms with Crippen LogP contribution in [0.1, 0.15) is 48.0 Å². The maximum absolute atomic E-state index is 10.7. The summed E-state index contributed by atoms with van der Waals surface area (Å²) >= 11 is 0. The van der Waals surface area contributed by atoms with Crippen LogP contribution in [0, 0.1) is 5.92 Å². The number of hydrogen-bond donors (Lipinski definition) is 2. The molecule has 2 N–H and O–H groups in total. The molecule has 2 heterocycles. The summed E-state index contributed by atoms with van der Waals surface area (Å²) in [4.78, 5) is 12.9. The van der Waals surface area contributed by atoms with Crippen molar-refractivity contribution >= 4 is 6.29 Å². The Labute approximate surface area is 125 Å². The number of fused-ring (bicyclic) bond motifs is 1. The monoisotopic (exact) mass is 289 g/mol. The van der Waals surface area contributed by atoms with Crippen molar-refractivity contribution in [2.75, 3.05) is 13.2 Å². The van der Waals surface area contributed by atoms with E-state index in [4.69, 9.17) is 5.11 Å². The molecule has 0 saturated carbocycles. The summed E-state index contributed by atoms with van der Waals surface area (Å²) in [5, 5.41) is 19.6. The fourth-order valence-corrected chi connectivity index (χ4v) is 3.85. The molecule has 0 aliphatic carbocycles. The van der Waals surface area contributed by atoms with Gasteiger partial charge >= 0.3 is 0 Å². The largest absolute Gasteiger partial charge is 0.396 e. The molecule has 4 heteroatoms. The van der Waals surface area contributed by atoms with Gasteiger partial charge < -0.3 is 10.2 Å². The van der Waals surface area contributed by atoms with Gasteiger partial charge in [0.05, 0.1) is 0 Å². The van der Waals surface area contributed by atoms with Crippen LogP contribution in [0.2, 0.25) is 0 Å². The molecule has 0 bridgehead atoms. The summed E-state index contributed by atoms with van der Waals surface area (Å²) < 4.78 is 0. The maximum atomic E-state index is 10.7. The molecular weight excluding hydrogens is 266 g/mol. The molecule has 2 fully saturated rings. The number of aliphatic hydroxyl groups is 2.